The normalized spacial score (nSPS) is 19.9. The molecular formula is C29H25NOS. The maximum Gasteiger partial charge on any atom is 0.127 e. The van der Waals surface area contributed by atoms with Crippen molar-refractivity contribution in [3.8, 4) is 11.3 Å². The molecule has 0 amide bonds. The van der Waals surface area contributed by atoms with Crippen molar-refractivity contribution in [1.29, 1.82) is 0 Å². The summed E-state index contributed by atoms with van der Waals surface area (Å²) < 4.78 is 6.37. The molecule has 2 nitrogen and oxygen atoms in total. The molecule has 1 aliphatic carbocycles. The van der Waals surface area contributed by atoms with E-state index in [1.165, 1.54) is 16.3 Å². The van der Waals surface area contributed by atoms with Gasteiger partial charge < -0.3 is 4.74 Å². The Morgan fingerprint density at radius 1 is 0.938 bits per heavy atom. The highest BCUT2D eigenvalue weighted by atomic mass is 32.1. The van der Waals surface area contributed by atoms with Crippen LogP contribution in [0.5, 0.6) is 0 Å². The second-order valence-electron chi connectivity index (χ2n) is 9.65. The SMILES string of the molecule is CC(C)(C)c1cc(-c2cc(C3=CC4C=CC=CC4O3)c3ccsc3n2)cc2ccccc12. The smallest absolute Gasteiger partial charge is 0.127 e. The number of nitrogens with zero attached hydrogens (tertiary/aromatic N) is 1. The first kappa shape index (κ1) is 19.5. The quantitative estimate of drug-likeness (QED) is 0.319. The molecule has 0 bridgehead atoms. The standard InChI is InChI=1S/C29H25NOS/c1-29(2,3)24-15-20(14-18-8-4-6-10-21(18)24)25-17-23(22-12-13-32-28(22)30-25)27-16-19-9-5-7-11-26(19)31-27/h4-17,19,26H,1-3H3. The minimum Gasteiger partial charge on any atom is -0.485 e. The molecule has 0 saturated heterocycles. The average molecular weight is 436 g/mol. The molecule has 2 unspecified atom stereocenters. The molecule has 0 fully saturated rings. The van der Waals surface area contributed by atoms with E-state index in [-0.39, 0.29) is 11.5 Å². The second-order valence-corrected chi connectivity index (χ2v) is 10.5. The summed E-state index contributed by atoms with van der Waals surface area (Å²) in [5.74, 6) is 1.26. The third kappa shape index (κ3) is 3.20. The first-order chi connectivity index (χ1) is 15.5. The van der Waals surface area contributed by atoms with E-state index in [0.29, 0.717) is 5.92 Å². The van der Waals surface area contributed by atoms with Gasteiger partial charge in [-0.2, -0.15) is 0 Å². The topological polar surface area (TPSA) is 22.1 Å². The Morgan fingerprint density at radius 3 is 2.62 bits per heavy atom. The average Bonchev–Trinajstić information content (AvgIpc) is 3.43. The molecule has 0 spiro atoms. The molecule has 158 valence electrons. The van der Waals surface area contributed by atoms with Gasteiger partial charge in [-0.05, 0) is 63.5 Å². The van der Waals surface area contributed by atoms with Crippen LogP contribution in [0.25, 0.3) is 38.0 Å². The van der Waals surface area contributed by atoms with E-state index < -0.39 is 0 Å². The fourth-order valence-electron chi connectivity index (χ4n) is 4.77. The van der Waals surface area contributed by atoms with Crippen LogP contribution in [0, 0.1) is 5.92 Å². The second kappa shape index (κ2) is 7.18. The van der Waals surface area contributed by atoms with Gasteiger partial charge in [-0.25, -0.2) is 4.98 Å². The van der Waals surface area contributed by atoms with E-state index in [9.17, 15) is 0 Å². The molecule has 2 aromatic heterocycles. The summed E-state index contributed by atoms with van der Waals surface area (Å²) in [5, 5.41) is 5.84. The maximum atomic E-state index is 6.37. The van der Waals surface area contributed by atoms with E-state index in [2.05, 4.69) is 105 Å². The predicted molar refractivity (Wildman–Crippen MR) is 136 cm³/mol. The Hall–Kier alpha value is -3.17. The number of hydrogen-bond donors (Lipinski definition) is 0. The number of thiophene rings is 1. The number of fused-ring (bicyclic) bond motifs is 3. The van der Waals surface area contributed by atoms with Crippen LogP contribution < -0.4 is 0 Å². The van der Waals surface area contributed by atoms with Crippen LogP contribution in [-0.4, -0.2) is 11.1 Å². The molecule has 3 heterocycles. The van der Waals surface area contributed by atoms with Crippen molar-refractivity contribution in [3.05, 3.63) is 95.4 Å². The highest BCUT2D eigenvalue weighted by molar-refractivity contribution is 7.16. The number of hydrogen-bond acceptors (Lipinski definition) is 3. The van der Waals surface area contributed by atoms with Crippen molar-refractivity contribution in [1.82, 2.24) is 4.98 Å². The van der Waals surface area contributed by atoms with Gasteiger partial charge in [-0.3, -0.25) is 0 Å². The summed E-state index contributed by atoms with van der Waals surface area (Å²) in [6.45, 7) is 6.83. The van der Waals surface area contributed by atoms with Gasteiger partial charge in [0.15, 0.2) is 0 Å². The monoisotopic (exact) mass is 435 g/mol. The predicted octanol–water partition coefficient (Wildman–Crippen LogP) is 7.90. The number of aromatic nitrogens is 1. The molecule has 2 atom stereocenters. The first-order valence-corrected chi connectivity index (χ1v) is 12.0. The Morgan fingerprint density at radius 2 is 1.78 bits per heavy atom. The van der Waals surface area contributed by atoms with Crippen LogP contribution in [0.4, 0.5) is 0 Å². The Kier molecular flexibility index (Phi) is 4.38. The highest BCUT2D eigenvalue weighted by Gasteiger charge is 2.29. The van der Waals surface area contributed by atoms with Crippen LogP contribution >= 0.6 is 11.3 Å². The van der Waals surface area contributed by atoms with Crippen molar-refractivity contribution < 1.29 is 4.74 Å². The van der Waals surface area contributed by atoms with Gasteiger partial charge >= 0.3 is 0 Å². The number of pyridine rings is 1. The Bertz CT molecular complexity index is 1450. The number of rotatable bonds is 2. The minimum absolute atomic E-state index is 0.0386. The van der Waals surface area contributed by atoms with Gasteiger partial charge in [0.1, 0.15) is 16.7 Å². The van der Waals surface area contributed by atoms with Crippen molar-refractivity contribution in [2.24, 2.45) is 5.92 Å². The van der Waals surface area contributed by atoms with Crippen molar-refractivity contribution >= 4 is 38.1 Å². The largest absolute Gasteiger partial charge is 0.485 e. The fourth-order valence-corrected chi connectivity index (χ4v) is 5.55. The summed E-state index contributed by atoms with van der Waals surface area (Å²) in [6.07, 6.45) is 10.9. The Labute approximate surface area is 192 Å². The fraction of sp³-hybridized carbons (Fsp3) is 0.207. The van der Waals surface area contributed by atoms with E-state index in [1.54, 1.807) is 11.3 Å². The third-order valence-corrected chi connectivity index (χ3v) is 7.21. The van der Waals surface area contributed by atoms with E-state index in [0.717, 1.165) is 32.8 Å². The number of allylic oxidation sites excluding steroid dienone is 2. The van der Waals surface area contributed by atoms with E-state index >= 15 is 0 Å². The van der Waals surface area contributed by atoms with Crippen molar-refractivity contribution in [2.75, 3.05) is 0 Å². The van der Waals surface area contributed by atoms with Gasteiger partial charge in [0.25, 0.3) is 0 Å². The molecule has 4 aromatic rings. The summed E-state index contributed by atoms with van der Waals surface area (Å²) in [4.78, 5) is 6.12. The van der Waals surface area contributed by atoms with Crippen molar-refractivity contribution in [2.45, 2.75) is 32.3 Å². The lowest BCUT2D eigenvalue weighted by atomic mass is 9.82. The molecule has 0 N–H and O–H groups in total. The Balaban J connectivity index is 1.55. The molecule has 6 rings (SSSR count). The molecule has 1 aliphatic heterocycles. The molecule has 0 saturated carbocycles. The summed E-state index contributed by atoms with van der Waals surface area (Å²) in [7, 11) is 0. The molecule has 2 aromatic carbocycles. The lowest BCUT2D eigenvalue weighted by molar-refractivity contribution is 0.213. The lowest BCUT2D eigenvalue weighted by Gasteiger charge is -2.23. The summed E-state index contributed by atoms with van der Waals surface area (Å²) in [5.41, 5.74) is 4.67. The van der Waals surface area contributed by atoms with Gasteiger partial charge in [0, 0.05) is 22.4 Å². The highest BCUT2D eigenvalue weighted by Crippen LogP contribution is 2.40. The van der Waals surface area contributed by atoms with Crippen LogP contribution in [0.1, 0.15) is 31.9 Å². The van der Waals surface area contributed by atoms with Gasteiger partial charge in [0.2, 0.25) is 0 Å². The van der Waals surface area contributed by atoms with Gasteiger partial charge in [-0.1, -0.05) is 63.3 Å². The molecular weight excluding hydrogens is 410 g/mol. The maximum absolute atomic E-state index is 6.37. The van der Waals surface area contributed by atoms with Crippen LogP contribution in [0.2, 0.25) is 0 Å². The first-order valence-electron chi connectivity index (χ1n) is 11.1. The van der Waals surface area contributed by atoms with Crippen LogP contribution in [0.3, 0.4) is 0 Å². The lowest BCUT2D eigenvalue weighted by Crippen LogP contribution is -2.13. The van der Waals surface area contributed by atoms with Gasteiger partial charge in [-0.15, -0.1) is 11.3 Å². The summed E-state index contributed by atoms with van der Waals surface area (Å²) >= 11 is 1.69. The summed E-state index contributed by atoms with van der Waals surface area (Å²) in [6, 6.07) is 17.6. The molecule has 32 heavy (non-hydrogen) atoms. The zero-order chi connectivity index (χ0) is 21.9. The van der Waals surface area contributed by atoms with E-state index in [1.807, 2.05) is 0 Å². The number of benzene rings is 2. The zero-order valence-electron chi connectivity index (χ0n) is 18.5. The van der Waals surface area contributed by atoms with Crippen LogP contribution in [-0.2, 0) is 10.2 Å². The zero-order valence-corrected chi connectivity index (χ0v) is 19.3. The third-order valence-electron chi connectivity index (χ3n) is 6.40. The van der Waals surface area contributed by atoms with Crippen molar-refractivity contribution in [3.63, 3.8) is 0 Å². The van der Waals surface area contributed by atoms with E-state index in [4.69, 9.17) is 9.72 Å². The molecule has 0 radical (unpaired) electrons. The molecule has 3 heteroatoms. The minimum atomic E-state index is 0.0386. The van der Waals surface area contributed by atoms with Crippen LogP contribution in [0.15, 0.2) is 84.3 Å². The van der Waals surface area contributed by atoms with Gasteiger partial charge in [0.05, 0.1) is 5.69 Å². The number of ether oxygens (including phenoxy) is 1. The molecule has 2 aliphatic rings.